The predicted molar refractivity (Wildman–Crippen MR) is 137 cm³/mol. The maximum Gasteiger partial charge on any atom is 0.416 e. The second kappa shape index (κ2) is 9.72. The van der Waals surface area contributed by atoms with E-state index in [-0.39, 0.29) is 22.3 Å². The molecule has 4 aromatic rings. The van der Waals surface area contributed by atoms with Crippen molar-refractivity contribution in [1.29, 1.82) is 0 Å². The number of hydrogen-bond acceptors (Lipinski definition) is 4. The first-order chi connectivity index (χ1) is 17.3. The fraction of sp³-hybridized carbons (Fsp3) is 0.0370. The van der Waals surface area contributed by atoms with Crippen LogP contribution in [-0.2, 0) is 11.0 Å². The molecule has 0 N–H and O–H groups in total. The largest absolute Gasteiger partial charge is 0.457 e. The number of amidine groups is 1. The van der Waals surface area contributed by atoms with Gasteiger partial charge in [0.1, 0.15) is 11.5 Å². The quantitative estimate of drug-likeness (QED) is 0.252. The van der Waals surface area contributed by atoms with E-state index in [4.69, 9.17) is 16.0 Å². The van der Waals surface area contributed by atoms with Crippen molar-refractivity contribution < 1.29 is 22.4 Å². The number of furan rings is 1. The van der Waals surface area contributed by atoms with Crippen molar-refractivity contribution >= 4 is 51.9 Å². The Morgan fingerprint density at radius 2 is 1.61 bits per heavy atom. The molecule has 4 nitrogen and oxygen atoms in total. The number of hydrogen-bond donors (Lipinski definition) is 0. The summed E-state index contributed by atoms with van der Waals surface area (Å²) in [6, 6.07) is 24.5. The third-order valence-corrected chi connectivity index (χ3v) is 6.56. The summed E-state index contributed by atoms with van der Waals surface area (Å²) in [5, 5.41) is 0.590. The Morgan fingerprint density at radius 3 is 2.31 bits per heavy atom. The second-order valence-corrected chi connectivity index (χ2v) is 9.13. The Bertz CT molecular complexity index is 1480. The molecule has 0 unspecified atom stereocenters. The Labute approximate surface area is 213 Å². The van der Waals surface area contributed by atoms with Crippen LogP contribution >= 0.6 is 23.4 Å². The van der Waals surface area contributed by atoms with Crippen LogP contribution in [0.25, 0.3) is 17.4 Å². The van der Waals surface area contributed by atoms with Gasteiger partial charge in [-0.25, -0.2) is 4.99 Å². The van der Waals surface area contributed by atoms with Gasteiger partial charge in [-0.2, -0.15) is 13.2 Å². The number of benzene rings is 3. The number of aliphatic imine (C=N–C) groups is 1. The molecule has 1 amide bonds. The van der Waals surface area contributed by atoms with Gasteiger partial charge in [-0.1, -0.05) is 48.0 Å². The lowest BCUT2D eigenvalue weighted by atomic mass is 10.1. The highest BCUT2D eigenvalue weighted by Crippen LogP contribution is 2.39. The maximum atomic E-state index is 13.4. The van der Waals surface area contributed by atoms with Gasteiger partial charge in [0.15, 0.2) is 5.17 Å². The number of nitrogens with zero attached hydrogens (tertiary/aromatic N) is 2. The molecule has 0 radical (unpaired) electrons. The highest BCUT2D eigenvalue weighted by atomic mass is 35.5. The summed E-state index contributed by atoms with van der Waals surface area (Å²) in [5.74, 6) is 0.158. The van der Waals surface area contributed by atoms with Gasteiger partial charge in [0, 0.05) is 11.6 Å². The van der Waals surface area contributed by atoms with Crippen molar-refractivity contribution in [1.82, 2.24) is 0 Å². The van der Waals surface area contributed by atoms with E-state index in [1.165, 1.54) is 28.8 Å². The Morgan fingerprint density at radius 1 is 0.917 bits per heavy atom. The predicted octanol–water partition coefficient (Wildman–Crippen LogP) is 8.43. The lowest BCUT2D eigenvalue weighted by Gasteiger charge is -2.15. The SMILES string of the molecule is O=C1/C(=C\c2ccc(-c3cc(C(F)(F)F)ccc3Cl)o2)SC(=Nc2ccccc2)N1c1ccccc1. The Balaban J connectivity index is 1.50. The molecule has 5 rings (SSSR count). The van der Waals surface area contributed by atoms with Gasteiger partial charge >= 0.3 is 6.18 Å². The molecule has 9 heteroatoms. The van der Waals surface area contributed by atoms with E-state index >= 15 is 0 Å². The van der Waals surface area contributed by atoms with Crippen molar-refractivity contribution in [3.63, 3.8) is 0 Å². The van der Waals surface area contributed by atoms with E-state index < -0.39 is 11.7 Å². The molecule has 180 valence electrons. The summed E-state index contributed by atoms with van der Waals surface area (Å²) < 4.78 is 45.3. The van der Waals surface area contributed by atoms with Gasteiger partial charge in [-0.05, 0) is 66.4 Å². The van der Waals surface area contributed by atoms with E-state index in [2.05, 4.69) is 4.99 Å². The molecule has 0 bridgehead atoms. The topological polar surface area (TPSA) is 45.8 Å². The molecule has 1 aliphatic heterocycles. The van der Waals surface area contributed by atoms with Gasteiger partial charge in [-0.3, -0.25) is 9.69 Å². The fourth-order valence-electron chi connectivity index (χ4n) is 3.56. The van der Waals surface area contributed by atoms with Gasteiger partial charge in [0.2, 0.25) is 0 Å². The number of halogens is 4. The number of carbonyl (C=O) groups excluding carboxylic acids is 1. The highest BCUT2D eigenvalue weighted by Gasteiger charge is 2.35. The number of alkyl halides is 3. The van der Waals surface area contributed by atoms with Crippen molar-refractivity contribution in [3.05, 3.63) is 112 Å². The average molecular weight is 525 g/mol. The molecular weight excluding hydrogens is 509 g/mol. The van der Waals surface area contributed by atoms with Crippen LogP contribution in [0.5, 0.6) is 0 Å². The minimum atomic E-state index is -4.51. The summed E-state index contributed by atoms with van der Waals surface area (Å²) >= 11 is 7.32. The summed E-state index contributed by atoms with van der Waals surface area (Å²) in [6.07, 6.45) is -2.97. The van der Waals surface area contributed by atoms with Gasteiger partial charge in [-0.15, -0.1) is 0 Å². The number of amides is 1. The maximum absolute atomic E-state index is 13.4. The lowest BCUT2D eigenvalue weighted by Crippen LogP contribution is -2.28. The summed E-state index contributed by atoms with van der Waals surface area (Å²) in [5.41, 5.74) is 0.622. The number of rotatable bonds is 4. The molecule has 1 fully saturated rings. The molecule has 3 aromatic carbocycles. The van der Waals surface area contributed by atoms with Crippen LogP contribution in [-0.4, -0.2) is 11.1 Å². The van der Waals surface area contributed by atoms with E-state index in [0.29, 0.717) is 27.2 Å². The number of thioether (sulfide) groups is 1. The number of carbonyl (C=O) groups is 1. The van der Waals surface area contributed by atoms with E-state index in [9.17, 15) is 18.0 Å². The van der Waals surface area contributed by atoms with Gasteiger partial charge < -0.3 is 4.42 Å². The zero-order valence-corrected chi connectivity index (χ0v) is 19.9. The lowest BCUT2D eigenvalue weighted by molar-refractivity contribution is -0.137. The smallest absolute Gasteiger partial charge is 0.416 e. The van der Waals surface area contributed by atoms with E-state index in [1.54, 1.807) is 12.1 Å². The van der Waals surface area contributed by atoms with Crippen LogP contribution < -0.4 is 4.90 Å². The Hall–Kier alpha value is -3.75. The minimum absolute atomic E-state index is 0.110. The third kappa shape index (κ3) is 4.96. The zero-order valence-electron chi connectivity index (χ0n) is 18.4. The number of para-hydroxylation sites is 2. The molecule has 2 heterocycles. The van der Waals surface area contributed by atoms with Crippen molar-refractivity contribution in [3.8, 4) is 11.3 Å². The standard InChI is InChI=1S/C27H16ClF3N2O2S/c28-22-13-11-17(27(29,30)31)15-21(22)23-14-12-20(35-23)16-24-25(34)33(19-9-5-2-6-10-19)26(36-24)32-18-7-3-1-4-8-18/h1-16H/b24-16+,32-26?. The van der Waals surface area contributed by atoms with Crippen molar-refractivity contribution in [2.45, 2.75) is 6.18 Å². The molecule has 1 aromatic heterocycles. The molecule has 0 atom stereocenters. The molecule has 36 heavy (non-hydrogen) atoms. The van der Waals surface area contributed by atoms with Crippen LogP contribution in [0, 0.1) is 0 Å². The summed E-state index contributed by atoms with van der Waals surface area (Å²) in [4.78, 5) is 19.9. The monoisotopic (exact) mass is 524 g/mol. The van der Waals surface area contributed by atoms with Crippen LogP contribution in [0.1, 0.15) is 11.3 Å². The molecule has 0 aliphatic carbocycles. The minimum Gasteiger partial charge on any atom is -0.457 e. The molecule has 0 spiro atoms. The summed E-state index contributed by atoms with van der Waals surface area (Å²) in [7, 11) is 0. The van der Waals surface area contributed by atoms with Crippen LogP contribution in [0.4, 0.5) is 24.5 Å². The van der Waals surface area contributed by atoms with Crippen LogP contribution in [0.15, 0.2) is 105 Å². The fourth-order valence-corrected chi connectivity index (χ4v) is 4.75. The first-order valence-corrected chi connectivity index (χ1v) is 11.9. The van der Waals surface area contributed by atoms with Crippen molar-refractivity contribution in [2.75, 3.05) is 4.90 Å². The first kappa shape index (κ1) is 24.0. The Kier molecular flexibility index (Phi) is 6.47. The first-order valence-electron chi connectivity index (χ1n) is 10.7. The van der Waals surface area contributed by atoms with Crippen molar-refractivity contribution in [2.24, 2.45) is 4.99 Å². The number of anilines is 1. The normalized spacial score (nSPS) is 16.3. The second-order valence-electron chi connectivity index (χ2n) is 7.71. The van der Waals surface area contributed by atoms with E-state index in [0.717, 1.165) is 12.1 Å². The average Bonchev–Trinajstić information content (AvgIpc) is 3.44. The zero-order chi connectivity index (χ0) is 25.3. The molecule has 0 saturated carbocycles. The third-order valence-electron chi connectivity index (χ3n) is 5.26. The highest BCUT2D eigenvalue weighted by molar-refractivity contribution is 8.19. The van der Waals surface area contributed by atoms with Crippen LogP contribution in [0.3, 0.4) is 0 Å². The summed E-state index contributed by atoms with van der Waals surface area (Å²) in [6.45, 7) is 0. The van der Waals surface area contributed by atoms with Gasteiger partial charge in [0.25, 0.3) is 5.91 Å². The molecule has 1 saturated heterocycles. The van der Waals surface area contributed by atoms with Crippen LogP contribution in [0.2, 0.25) is 5.02 Å². The van der Waals surface area contributed by atoms with Gasteiger partial charge in [0.05, 0.1) is 26.9 Å². The molecular formula is C27H16ClF3N2O2S. The molecule has 1 aliphatic rings. The van der Waals surface area contributed by atoms with E-state index in [1.807, 2.05) is 60.7 Å².